The summed E-state index contributed by atoms with van der Waals surface area (Å²) in [6, 6.07) is -0.655. The van der Waals surface area contributed by atoms with Gasteiger partial charge in [0, 0.05) is 7.11 Å². The van der Waals surface area contributed by atoms with Crippen LogP contribution in [0.4, 0.5) is 0 Å². The summed E-state index contributed by atoms with van der Waals surface area (Å²) >= 11 is 0. The zero-order chi connectivity index (χ0) is 10.3. The number of nitrogens with two attached hydrogens (primary N) is 1. The van der Waals surface area contributed by atoms with E-state index in [1.807, 2.05) is 0 Å². The molecule has 0 bridgehead atoms. The van der Waals surface area contributed by atoms with Crippen LogP contribution in [-0.2, 0) is 14.3 Å². The number of carbonyl (C=O) groups is 1. The lowest BCUT2D eigenvalue weighted by molar-refractivity contribution is -0.146. The number of methoxy groups -OCH3 is 1. The van der Waals surface area contributed by atoms with Crippen molar-refractivity contribution in [2.45, 2.75) is 26.3 Å². The van der Waals surface area contributed by atoms with Crippen LogP contribution in [0.3, 0.4) is 0 Å². The number of rotatable bonds is 6. The summed E-state index contributed by atoms with van der Waals surface area (Å²) in [7, 11) is 1.50. The van der Waals surface area contributed by atoms with E-state index < -0.39 is 6.04 Å². The average Bonchev–Trinajstić information content (AvgIpc) is 2.04. The Morgan fingerprint density at radius 1 is 1.46 bits per heavy atom. The molecule has 13 heavy (non-hydrogen) atoms. The van der Waals surface area contributed by atoms with Crippen molar-refractivity contribution < 1.29 is 14.3 Å². The highest BCUT2D eigenvalue weighted by molar-refractivity contribution is 5.75. The highest BCUT2D eigenvalue weighted by atomic mass is 16.5. The SMILES string of the molecule is COCC(N)C(=O)OCCC(C)C. The molecule has 4 nitrogen and oxygen atoms in total. The van der Waals surface area contributed by atoms with E-state index >= 15 is 0 Å². The number of hydrogen-bond acceptors (Lipinski definition) is 4. The van der Waals surface area contributed by atoms with Gasteiger partial charge < -0.3 is 15.2 Å². The summed E-state index contributed by atoms with van der Waals surface area (Å²) in [5, 5.41) is 0. The highest BCUT2D eigenvalue weighted by Crippen LogP contribution is 1.99. The maximum atomic E-state index is 11.1. The summed E-state index contributed by atoms with van der Waals surface area (Å²) in [5.74, 6) is 0.147. The molecule has 2 N–H and O–H groups in total. The zero-order valence-electron chi connectivity index (χ0n) is 8.58. The molecule has 0 radical (unpaired) electrons. The maximum absolute atomic E-state index is 11.1. The van der Waals surface area contributed by atoms with E-state index in [0.29, 0.717) is 12.5 Å². The summed E-state index contributed by atoms with van der Waals surface area (Å²) in [6.07, 6.45) is 0.867. The van der Waals surface area contributed by atoms with Gasteiger partial charge in [-0.3, -0.25) is 4.79 Å². The van der Waals surface area contributed by atoms with Crippen LogP contribution >= 0.6 is 0 Å². The fourth-order valence-corrected chi connectivity index (χ4v) is 0.750. The quantitative estimate of drug-likeness (QED) is 0.620. The molecule has 78 valence electrons. The zero-order valence-corrected chi connectivity index (χ0v) is 8.58. The molecule has 0 aliphatic carbocycles. The first-order valence-corrected chi connectivity index (χ1v) is 4.49. The van der Waals surface area contributed by atoms with Gasteiger partial charge in [0.05, 0.1) is 13.2 Å². The Hall–Kier alpha value is -0.610. The van der Waals surface area contributed by atoms with Gasteiger partial charge in [-0.2, -0.15) is 0 Å². The molecule has 0 aromatic carbocycles. The predicted octanol–water partition coefficient (Wildman–Crippen LogP) is 0.549. The maximum Gasteiger partial charge on any atom is 0.325 e. The first kappa shape index (κ1) is 12.4. The predicted molar refractivity (Wildman–Crippen MR) is 50.3 cm³/mol. The first-order chi connectivity index (χ1) is 6.07. The van der Waals surface area contributed by atoms with Gasteiger partial charge in [0.2, 0.25) is 0 Å². The topological polar surface area (TPSA) is 61.5 Å². The second-order valence-electron chi connectivity index (χ2n) is 3.41. The first-order valence-electron chi connectivity index (χ1n) is 4.49. The standard InChI is InChI=1S/C9H19NO3/c1-7(2)4-5-13-9(11)8(10)6-12-3/h7-8H,4-6,10H2,1-3H3. The molecule has 0 aliphatic heterocycles. The van der Waals surface area contributed by atoms with Gasteiger partial charge in [-0.05, 0) is 12.3 Å². The van der Waals surface area contributed by atoms with Crippen LogP contribution in [-0.4, -0.2) is 32.3 Å². The van der Waals surface area contributed by atoms with Crippen molar-refractivity contribution >= 4 is 5.97 Å². The van der Waals surface area contributed by atoms with Gasteiger partial charge in [-0.15, -0.1) is 0 Å². The van der Waals surface area contributed by atoms with Gasteiger partial charge in [-0.25, -0.2) is 0 Å². The lowest BCUT2D eigenvalue weighted by Gasteiger charge is -2.11. The molecule has 0 spiro atoms. The molecule has 0 heterocycles. The van der Waals surface area contributed by atoms with Crippen LogP contribution in [0.1, 0.15) is 20.3 Å². The molecular weight excluding hydrogens is 170 g/mol. The molecular formula is C9H19NO3. The number of hydrogen-bond donors (Lipinski definition) is 1. The molecule has 1 unspecified atom stereocenters. The van der Waals surface area contributed by atoms with Crippen LogP contribution in [0.15, 0.2) is 0 Å². The minimum absolute atomic E-state index is 0.209. The van der Waals surface area contributed by atoms with E-state index in [4.69, 9.17) is 15.2 Å². The Labute approximate surface area is 79.4 Å². The fraction of sp³-hybridized carbons (Fsp3) is 0.889. The molecule has 0 saturated heterocycles. The van der Waals surface area contributed by atoms with Crippen molar-refractivity contribution in [2.75, 3.05) is 20.3 Å². The molecule has 0 saturated carbocycles. The minimum atomic E-state index is -0.655. The molecule has 4 heteroatoms. The van der Waals surface area contributed by atoms with Crippen molar-refractivity contribution in [3.63, 3.8) is 0 Å². The van der Waals surface area contributed by atoms with Crippen molar-refractivity contribution in [3.8, 4) is 0 Å². The van der Waals surface area contributed by atoms with Crippen LogP contribution in [0, 0.1) is 5.92 Å². The summed E-state index contributed by atoms with van der Waals surface area (Å²) in [4.78, 5) is 11.1. The normalized spacial score (nSPS) is 13.0. The molecule has 1 atom stereocenters. The second kappa shape index (κ2) is 6.86. The third-order valence-electron chi connectivity index (χ3n) is 1.59. The van der Waals surface area contributed by atoms with Gasteiger partial charge in [-0.1, -0.05) is 13.8 Å². The van der Waals surface area contributed by atoms with Crippen molar-refractivity contribution in [2.24, 2.45) is 11.7 Å². The van der Waals surface area contributed by atoms with E-state index in [1.54, 1.807) is 0 Å². The monoisotopic (exact) mass is 189 g/mol. The summed E-state index contributed by atoms with van der Waals surface area (Å²) < 4.78 is 9.65. The number of ether oxygens (including phenoxy) is 2. The Bertz CT molecular complexity index is 148. The van der Waals surface area contributed by atoms with Gasteiger partial charge in [0.25, 0.3) is 0 Å². The van der Waals surface area contributed by atoms with E-state index in [0.717, 1.165) is 6.42 Å². The summed E-state index contributed by atoms with van der Waals surface area (Å²) in [5.41, 5.74) is 5.45. The Morgan fingerprint density at radius 2 is 2.08 bits per heavy atom. The molecule has 0 aromatic rings. The van der Waals surface area contributed by atoms with Crippen molar-refractivity contribution in [1.29, 1.82) is 0 Å². The molecule has 0 amide bonds. The number of esters is 1. The number of carbonyl (C=O) groups excluding carboxylic acids is 1. The van der Waals surface area contributed by atoms with Crippen molar-refractivity contribution in [1.82, 2.24) is 0 Å². The van der Waals surface area contributed by atoms with Crippen molar-refractivity contribution in [3.05, 3.63) is 0 Å². The van der Waals surface area contributed by atoms with E-state index in [1.165, 1.54) is 7.11 Å². The molecule has 0 fully saturated rings. The minimum Gasteiger partial charge on any atom is -0.464 e. The highest BCUT2D eigenvalue weighted by Gasteiger charge is 2.14. The van der Waals surface area contributed by atoms with Gasteiger partial charge in [0.1, 0.15) is 6.04 Å². The Morgan fingerprint density at radius 3 is 2.54 bits per heavy atom. The Balaban J connectivity index is 3.50. The lowest BCUT2D eigenvalue weighted by Crippen LogP contribution is -2.36. The Kier molecular flexibility index (Phi) is 6.54. The van der Waals surface area contributed by atoms with Gasteiger partial charge >= 0.3 is 5.97 Å². The third-order valence-corrected chi connectivity index (χ3v) is 1.59. The smallest absolute Gasteiger partial charge is 0.325 e. The third kappa shape index (κ3) is 6.54. The average molecular weight is 189 g/mol. The molecule has 0 aliphatic rings. The van der Waals surface area contributed by atoms with E-state index in [9.17, 15) is 4.79 Å². The van der Waals surface area contributed by atoms with Crippen LogP contribution in [0.25, 0.3) is 0 Å². The molecule has 0 rings (SSSR count). The van der Waals surface area contributed by atoms with Crippen LogP contribution < -0.4 is 5.73 Å². The summed E-state index contributed by atoms with van der Waals surface area (Å²) in [6.45, 7) is 4.79. The van der Waals surface area contributed by atoms with E-state index in [2.05, 4.69) is 13.8 Å². The van der Waals surface area contributed by atoms with Crippen LogP contribution in [0.5, 0.6) is 0 Å². The van der Waals surface area contributed by atoms with E-state index in [-0.39, 0.29) is 12.6 Å². The van der Waals surface area contributed by atoms with Gasteiger partial charge in [0.15, 0.2) is 0 Å². The molecule has 0 aromatic heterocycles. The second-order valence-corrected chi connectivity index (χ2v) is 3.41. The largest absolute Gasteiger partial charge is 0.464 e. The van der Waals surface area contributed by atoms with Crippen LogP contribution in [0.2, 0.25) is 0 Å². The fourth-order valence-electron chi connectivity index (χ4n) is 0.750. The lowest BCUT2D eigenvalue weighted by atomic mass is 10.1.